The molecular weight excluding hydrogens is 152 g/mol. The first-order chi connectivity index (χ1) is 5.52. The van der Waals surface area contributed by atoms with Gasteiger partial charge in [0.2, 0.25) is 0 Å². The van der Waals surface area contributed by atoms with E-state index in [-0.39, 0.29) is 5.78 Å². The Morgan fingerprint density at radius 1 is 1.58 bits per heavy atom. The average molecular weight is 166 g/mol. The molecule has 0 atom stereocenters. The third-order valence-electron chi connectivity index (χ3n) is 1.77. The number of nitrogens with zero attached hydrogens (tertiary/aromatic N) is 2. The average Bonchev–Trinajstić information content (AvgIpc) is 2.30. The van der Waals surface area contributed by atoms with Gasteiger partial charge < -0.3 is 0 Å². The molecule has 0 N–H and O–H groups in total. The lowest BCUT2D eigenvalue weighted by Crippen LogP contribution is -2.05. The van der Waals surface area contributed by atoms with Crippen molar-refractivity contribution in [3.05, 3.63) is 17.5 Å². The maximum Gasteiger partial charge on any atom is 0.179 e. The Kier molecular flexibility index (Phi) is 2.31. The minimum Gasteiger partial charge on any atom is -0.293 e. The van der Waals surface area contributed by atoms with E-state index in [1.165, 1.54) is 6.92 Å². The van der Waals surface area contributed by atoms with Gasteiger partial charge in [-0.15, -0.1) is 0 Å². The van der Waals surface area contributed by atoms with E-state index < -0.39 is 0 Å². The summed E-state index contributed by atoms with van der Waals surface area (Å²) < 4.78 is 1.86. The van der Waals surface area contributed by atoms with E-state index >= 15 is 0 Å². The van der Waals surface area contributed by atoms with E-state index in [1.54, 1.807) is 0 Å². The molecule has 1 heterocycles. The van der Waals surface area contributed by atoms with Gasteiger partial charge in [0, 0.05) is 18.7 Å². The lowest BCUT2D eigenvalue weighted by atomic mass is 10.3. The SMILES string of the molecule is CC(=O)c1cc(C)n(C(C)C)n1. The van der Waals surface area contributed by atoms with Crippen molar-refractivity contribution in [2.24, 2.45) is 0 Å². The first-order valence-corrected chi connectivity index (χ1v) is 4.09. The van der Waals surface area contributed by atoms with E-state index in [0.29, 0.717) is 11.7 Å². The van der Waals surface area contributed by atoms with Gasteiger partial charge in [-0.3, -0.25) is 9.48 Å². The molecule has 0 aliphatic rings. The lowest BCUT2D eigenvalue weighted by Gasteiger charge is -2.06. The largest absolute Gasteiger partial charge is 0.293 e. The van der Waals surface area contributed by atoms with Crippen LogP contribution in [0.25, 0.3) is 0 Å². The van der Waals surface area contributed by atoms with Gasteiger partial charge in [0.1, 0.15) is 5.69 Å². The molecule has 12 heavy (non-hydrogen) atoms. The molecule has 1 aromatic rings. The molecule has 0 spiro atoms. The van der Waals surface area contributed by atoms with Crippen LogP contribution < -0.4 is 0 Å². The van der Waals surface area contributed by atoms with Gasteiger partial charge in [0.25, 0.3) is 0 Å². The lowest BCUT2D eigenvalue weighted by molar-refractivity contribution is 0.101. The molecule has 0 aliphatic carbocycles. The summed E-state index contributed by atoms with van der Waals surface area (Å²) in [5, 5.41) is 4.18. The molecule has 0 bridgehead atoms. The molecule has 0 saturated heterocycles. The number of carbonyl (C=O) groups excluding carboxylic acids is 1. The Labute approximate surface area is 72.4 Å². The third kappa shape index (κ3) is 1.55. The molecule has 1 aromatic heterocycles. The monoisotopic (exact) mass is 166 g/mol. The molecule has 0 amide bonds. The molecular formula is C9H14N2O. The predicted molar refractivity (Wildman–Crippen MR) is 47.4 cm³/mol. The van der Waals surface area contributed by atoms with Gasteiger partial charge in [-0.25, -0.2) is 0 Å². The highest BCUT2D eigenvalue weighted by atomic mass is 16.1. The normalized spacial score (nSPS) is 10.8. The van der Waals surface area contributed by atoms with Crippen LogP contribution in [-0.2, 0) is 0 Å². The Bertz CT molecular complexity index is 299. The highest BCUT2D eigenvalue weighted by Crippen LogP contribution is 2.10. The molecule has 0 aromatic carbocycles. The van der Waals surface area contributed by atoms with Crippen molar-refractivity contribution in [2.75, 3.05) is 0 Å². The quantitative estimate of drug-likeness (QED) is 0.629. The van der Waals surface area contributed by atoms with Crippen LogP contribution in [0.5, 0.6) is 0 Å². The van der Waals surface area contributed by atoms with Gasteiger partial charge in [0.05, 0.1) is 0 Å². The maximum atomic E-state index is 11.0. The standard InChI is InChI=1S/C9H14N2O/c1-6(2)11-7(3)5-9(10-11)8(4)12/h5-6H,1-4H3. The second-order valence-corrected chi connectivity index (χ2v) is 3.27. The van der Waals surface area contributed by atoms with Crippen molar-refractivity contribution in [3.8, 4) is 0 Å². The fraction of sp³-hybridized carbons (Fsp3) is 0.556. The van der Waals surface area contributed by atoms with E-state index in [9.17, 15) is 4.79 Å². The van der Waals surface area contributed by atoms with Crippen molar-refractivity contribution in [1.29, 1.82) is 0 Å². The van der Waals surface area contributed by atoms with E-state index in [1.807, 2.05) is 31.5 Å². The Morgan fingerprint density at radius 3 is 2.42 bits per heavy atom. The number of hydrogen-bond acceptors (Lipinski definition) is 2. The van der Waals surface area contributed by atoms with Crippen LogP contribution >= 0.6 is 0 Å². The summed E-state index contributed by atoms with van der Waals surface area (Å²) in [6, 6.07) is 2.14. The highest BCUT2D eigenvalue weighted by molar-refractivity contribution is 5.92. The number of aromatic nitrogens is 2. The Balaban J connectivity index is 3.09. The zero-order chi connectivity index (χ0) is 9.30. The molecule has 0 unspecified atom stereocenters. The summed E-state index contributed by atoms with van der Waals surface area (Å²) in [6.07, 6.45) is 0. The minimum atomic E-state index is 0.0255. The Morgan fingerprint density at radius 2 is 2.17 bits per heavy atom. The van der Waals surface area contributed by atoms with Crippen LogP contribution in [-0.4, -0.2) is 15.6 Å². The minimum absolute atomic E-state index is 0.0255. The topological polar surface area (TPSA) is 34.9 Å². The molecule has 0 saturated carbocycles. The van der Waals surface area contributed by atoms with Gasteiger partial charge in [-0.2, -0.15) is 5.10 Å². The van der Waals surface area contributed by atoms with Crippen LogP contribution in [0.3, 0.4) is 0 Å². The highest BCUT2D eigenvalue weighted by Gasteiger charge is 2.09. The fourth-order valence-corrected chi connectivity index (χ4v) is 1.18. The molecule has 0 fully saturated rings. The third-order valence-corrected chi connectivity index (χ3v) is 1.77. The van der Waals surface area contributed by atoms with Gasteiger partial charge in [-0.05, 0) is 26.8 Å². The van der Waals surface area contributed by atoms with Crippen molar-refractivity contribution >= 4 is 5.78 Å². The number of Topliss-reactive ketones (excluding diaryl/α,β-unsaturated/α-hetero) is 1. The van der Waals surface area contributed by atoms with E-state index in [0.717, 1.165) is 5.69 Å². The van der Waals surface area contributed by atoms with Gasteiger partial charge in [-0.1, -0.05) is 0 Å². The number of ketones is 1. The number of hydrogen-bond donors (Lipinski definition) is 0. The van der Waals surface area contributed by atoms with Crippen molar-refractivity contribution in [1.82, 2.24) is 9.78 Å². The van der Waals surface area contributed by atoms with E-state index in [2.05, 4.69) is 5.10 Å². The maximum absolute atomic E-state index is 11.0. The summed E-state index contributed by atoms with van der Waals surface area (Å²) in [7, 11) is 0. The number of carbonyl (C=O) groups is 1. The first kappa shape index (κ1) is 8.97. The predicted octanol–water partition coefficient (Wildman–Crippen LogP) is 1.98. The fourth-order valence-electron chi connectivity index (χ4n) is 1.18. The molecule has 0 radical (unpaired) electrons. The first-order valence-electron chi connectivity index (χ1n) is 4.09. The number of aryl methyl sites for hydroxylation is 1. The molecule has 1 rings (SSSR count). The van der Waals surface area contributed by atoms with Crippen LogP contribution in [0.15, 0.2) is 6.07 Å². The number of rotatable bonds is 2. The molecule has 0 aliphatic heterocycles. The smallest absolute Gasteiger partial charge is 0.179 e. The second kappa shape index (κ2) is 3.09. The van der Waals surface area contributed by atoms with Crippen LogP contribution in [0.4, 0.5) is 0 Å². The summed E-state index contributed by atoms with van der Waals surface area (Å²) in [4.78, 5) is 11.0. The van der Waals surface area contributed by atoms with E-state index in [4.69, 9.17) is 0 Å². The molecule has 3 heteroatoms. The molecule has 66 valence electrons. The van der Waals surface area contributed by atoms with Crippen molar-refractivity contribution in [2.45, 2.75) is 33.7 Å². The second-order valence-electron chi connectivity index (χ2n) is 3.27. The summed E-state index contributed by atoms with van der Waals surface area (Å²) in [5.41, 5.74) is 1.59. The van der Waals surface area contributed by atoms with Crippen LogP contribution in [0.1, 0.15) is 43.0 Å². The summed E-state index contributed by atoms with van der Waals surface area (Å²) in [6.45, 7) is 7.58. The zero-order valence-corrected chi connectivity index (χ0v) is 7.96. The van der Waals surface area contributed by atoms with Crippen LogP contribution in [0, 0.1) is 6.92 Å². The Hall–Kier alpha value is -1.12. The van der Waals surface area contributed by atoms with Gasteiger partial charge in [0.15, 0.2) is 5.78 Å². The van der Waals surface area contributed by atoms with Crippen molar-refractivity contribution in [3.63, 3.8) is 0 Å². The van der Waals surface area contributed by atoms with Gasteiger partial charge >= 0.3 is 0 Å². The molecule has 3 nitrogen and oxygen atoms in total. The van der Waals surface area contributed by atoms with Crippen LogP contribution in [0.2, 0.25) is 0 Å². The van der Waals surface area contributed by atoms with Crippen molar-refractivity contribution < 1.29 is 4.79 Å². The summed E-state index contributed by atoms with van der Waals surface area (Å²) >= 11 is 0. The summed E-state index contributed by atoms with van der Waals surface area (Å²) in [5.74, 6) is 0.0255. The zero-order valence-electron chi connectivity index (χ0n) is 7.96.